The molecule has 0 aromatic carbocycles. The summed E-state index contributed by atoms with van der Waals surface area (Å²) < 4.78 is 0. The highest BCUT2D eigenvalue weighted by Crippen LogP contribution is 2.51. The Hall–Kier alpha value is -2.34. The molecule has 0 radical (unpaired) electrons. The van der Waals surface area contributed by atoms with Crippen LogP contribution in [0.25, 0.3) is 0 Å². The number of H-pyrrole nitrogens is 1. The molecule has 40 heavy (non-hydrogen) atoms. The smallest absolute Gasteiger partial charge is 0.317 e. The summed E-state index contributed by atoms with van der Waals surface area (Å²) in [5, 5.41) is 31.8. The number of Topliss-reactive ketones (excluding diaryl/α,β-unsaturated/α-hetero) is 1. The number of rotatable bonds is 17. The van der Waals surface area contributed by atoms with Gasteiger partial charge in [0.15, 0.2) is 5.78 Å². The van der Waals surface area contributed by atoms with E-state index in [1.165, 1.54) is 6.33 Å². The predicted octanol–water partition coefficient (Wildman–Crippen LogP) is 3.71. The normalized spacial score (nSPS) is 20.1. The number of hydrogen-bond donors (Lipinski definition) is 5. The number of carboxylic acids is 2. The number of aromatic nitrogens is 2. The van der Waals surface area contributed by atoms with E-state index in [9.17, 15) is 24.6 Å². The van der Waals surface area contributed by atoms with Crippen LogP contribution in [0.1, 0.15) is 105 Å². The average Bonchev–Trinajstić information content (AvgIpc) is 3.30. The molecule has 1 unspecified atom stereocenters. The third-order valence-electron chi connectivity index (χ3n) is 7.95. The van der Waals surface area contributed by atoms with Crippen molar-refractivity contribution in [3.8, 4) is 0 Å². The highest BCUT2D eigenvalue weighted by molar-refractivity contribution is 6.06. The number of imidazole rings is 1. The van der Waals surface area contributed by atoms with Gasteiger partial charge < -0.3 is 26.0 Å². The van der Waals surface area contributed by atoms with Gasteiger partial charge in [0, 0.05) is 35.8 Å². The van der Waals surface area contributed by atoms with Gasteiger partial charge in [0.2, 0.25) is 0 Å². The Balaban J connectivity index is 2.36. The number of aliphatic carboxylic acids is 2. The van der Waals surface area contributed by atoms with Gasteiger partial charge in [-0.15, -0.1) is 0 Å². The summed E-state index contributed by atoms with van der Waals surface area (Å²) in [5.41, 5.74) is 3.06. The molecule has 228 valence electrons. The van der Waals surface area contributed by atoms with Gasteiger partial charge in [-0.1, -0.05) is 25.7 Å². The first-order valence-electron chi connectivity index (χ1n) is 14.3. The molecule has 11 heteroatoms. The first-order chi connectivity index (χ1) is 18.4. The summed E-state index contributed by atoms with van der Waals surface area (Å²) >= 11 is 0. The minimum atomic E-state index is -1.70. The quantitative estimate of drug-likeness (QED) is 0.138. The van der Waals surface area contributed by atoms with Crippen molar-refractivity contribution in [1.29, 1.82) is 0 Å². The van der Waals surface area contributed by atoms with Crippen LogP contribution in [0.5, 0.6) is 0 Å². The second-order valence-electron chi connectivity index (χ2n) is 13.3. The van der Waals surface area contributed by atoms with E-state index in [4.69, 9.17) is 15.7 Å². The number of aliphatic hydroxyl groups is 1. The average molecular weight is 567 g/mol. The van der Waals surface area contributed by atoms with Gasteiger partial charge in [-0.3, -0.25) is 19.2 Å². The first-order valence-corrected chi connectivity index (χ1v) is 14.3. The minimum Gasteiger partial charge on any atom is -0.481 e. The Labute approximate surface area is 237 Å². The van der Waals surface area contributed by atoms with Crippen LogP contribution in [0.2, 0.25) is 0 Å². The van der Waals surface area contributed by atoms with Crippen LogP contribution in [-0.2, 0) is 25.6 Å². The van der Waals surface area contributed by atoms with Crippen molar-refractivity contribution in [3.05, 3.63) is 18.2 Å². The van der Waals surface area contributed by atoms with E-state index < -0.39 is 51.8 Å². The molecule has 2 heterocycles. The Bertz CT molecular complexity index is 969. The van der Waals surface area contributed by atoms with Crippen LogP contribution in [0.4, 0.5) is 0 Å². The summed E-state index contributed by atoms with van der Waals surface area (Å²) in [6, 6.07) is -1.03. The zero-order valence-electron chi connectivity index (χ0n) is 25.0. The minimum absolute atomic E-state index is 0.0739. The number of aromatic amines is 1. The topological polar surface area (TPSA) is 179 Å². The Morgan fingerprint density at radius 1 is 1.10 bits per heavy atom. The third-order valence-corrected chi connectivity index (χ3v) is 7.95. The van der Waals surface area contributed by atoms with E-state index in [-0.39, 0.29) is 25.9 Å². The molecule has 2 rings (SSSR count). The van der Waals surface area contributed by atoms with Gasteiger partial charge >= 0.3 is 11.9 Å². The van der Waals surface area contributed by atoms with E-state index in [0.29, 0.717) is 37.8 Å². The lowest BCUT2D eigenvalue weighted by atomic mass is 9.58. The molecule has 11 nitrogen and oxygen atoms in total. The predicted molar refractivity (Wildman–Crippen MR) is 150 cm³/mol. The highest BCUT2D eigenvalue weighted by atomic mass is 16.7. The molecule has 0 aliphatic carbocycles. The number of nitrogens with zero attached hydrogens (tertiary/aromatic N) is 2. The largest absolute Gasteiger partial charge is 0.481 e. The highest BCUT2D eigenvalue weighted by Gasteiger charge is 2.59. The molecule has 1 aliphatic heterocycles. The molecule has 1 saturated heterocycles. The summed E-state index contributed by atoms with van der Waals surface area (Å²) in [4.78, 5) is 51.2. The zero-order valence-corrected chi connectivity index (χ0v) is 25.0. The van der Waals surface area contributed by atoms with Crippen molar-refractivity contribution in [1.82, 2.24) is 15.0 Å². The van der Waals surface area contributed by atoms with Gasteiger partial charge in [-0.25, -0.2) is 4.98 Å². The maximum absolute atomic E-state index is 14.2. The van der Waals surface area contributed by atoms with Crippen LogP contribution in [-0.4, -0.2) is 77.4 Å². The Morgan fingerprint density at radius 3 is 2.17 bits per heavy atom. The van der Waals surface area contributed by atoms with Crippen LogP contribution in [0, 0.1) is 11.3 Å². The van der Waals surface area contributed by atoms with Crippen molar-refractivity contribution in [2.45, 2.75) is 128 Å². The monoisotopic (exact) mass is 566 g/mol. The summed E-state index contributed by atoms with van der Waals surface area (Å²) in [5.74, 6) is -2.98. The molecule has 1 aliphatic rings. The molecule has 6 N–H and O–H groups in total. The number of carbonyl (C=O) groups is 3. The molecule has 0 amide bonds. The number of nitrogens with one attached hydrogen (secondary N) is 1. The van der Waals surface area contributed by atoms with Crippen molar-refractivity contribution < 1.29 is 34.5 Å². The number of hydrogen-bond acceptors (Lipinski definition) is 8. The number of unbranched alkanes of at least 4 members (excludes halogenated alkanes) is 4. The molecule has 2 atom stereocenters. The second kappa shape index (κ2) is 13.5. The fraction of sp³-hybridized carbons (Fsp3) is 0.793. The number of ketones is 1. The van der Waals surface area contributed by atoms with E-state index in [1.54, 1.807) is 20.0 Å². The molecule has 0 spiro atoms. The van der Waals surface area contributed by atoms with Crippen LogP contribution < -0.4 is 5.73 Å². The number of nitrogens with two attached hydrogens (primary N) is 1. The van der Waals surface area contributed by atoms with Crippen molar-refractivity contribution in [2.24, 2.45) is 17.1 Å². The van der Waals surface area contributed by atoms with Crippen LogP contribution in [0.15, 0.2) is 12.5 Å². The molecule has 0 saturated carbocycles. The number of piperidine rings is 1. The van der Waals surface area contributed by atoms with Crippen LogP contribution in [0.3, 0.4) is 0 Å². The lowest BCUT2D eigenvalue weighted by molar-refractivity contribution is -0.306. The summed E-state index contributed by atoms with van der Waals surface area (Å²) in [6.45, 7) is 11.3. The Morgan fingerprint density at radius 2 is 1.68 bits per heavy atom. The first kappa shape index (κ1) is 33.9. The van der Waals surface area contributed by atoms with E-state index in [2.05, 4.69) is 9.97 Å². The number of carboxylic acid groups (broad SMARTS) is 2. The number of hydroxylamine groups is 2. The van der Waals surface area contributed by atoms with E-state index in [1.807, 2.05) is 32.8 Å². The van der Waals surface area contributed by atoms with Gasteiger partial charge in [0.05, 0.1) is 24.6 Å². The molecular formula is C29H50N4O7. The molecule has 1 fully saturated rings. The molecular weight excluding hydrogens is 516 g/mol. The van der Waals surface area contributed by atoms with Crippen molar-refractivity contribution in [3.63, 3.8) is 0 Å². The lowest BCUT2D eigenvalue weighted by Crippen LogP contribution is -2.65. The molecule has 1 aromatic heterocycles. The fourth-order valence-corrected chi connectivity index (χ4v) is 6.37. The summed E-state index contributed by atoms with van der Waals surface area (Å²) in [6.07, 6.45) is 7.53. The van der Waals surface area contributed by atoms with Crippen molar-refractivity contribution in [2.75, 3.05) is 6.61 Å². The van der Waals surface area contributed by atoms with Gasteiger partial charge in [-0.05, 0) is 73.1 Å². The Kier molecular flexibility index (Phi) is 11.5. The lowest BCUT2D eigenvalue weighted by Gasteiger charge is -2.57. The standard InChI is InChI=1S/C29H50N4O7/c1-26(2)15-20(16-27(3,4)33(26)40-18-28(5,6)39)29(25(37)38,13-11-9-7-8-10-12-23(34)35)24(36)22(30)14-21-17-31-19-32-21/h17,19-20,22,39H,7-16,18,30H2,1-6H3,(H,31,32)(H,34,35)(H,37,38)/t22-,29?/m0/s1. The van der Waals surface area contributed by atoms with E-state index >= 15 is 0 Å². The number of carbonyl (C=O) groups excluding carboxylic acids is 1. The van der Waals surface area contributed by atoms with Gasteiger partial charge in [-0.2, -0.15) is 5.06 Å². The second-order valence-corrected chi connectivity index (χ2v) is 13.3. The van der Waals surface area contributed by atoms with E-state index in [0.717, 1.165) is 12.8 Å². The fourth-order valence-electron chi connectivity index (χ4n) is 6.37. The zero-order chi connectivity index (χ0) is 30.4. The maximum Gasteiger partial charge on any atom is 0.317 e. The van der Waals surface area contributed by atoms with Crippen molar-refractivity contribution >= 4 is 17.7 Å². The third kappa shape index (κ3) is 8.83. The van der Waals surface area contributed by atoms with Crippen LogP contribution >= 0.6 is 0 Å². The molecule has 0 bridgehead atoms. The summed E-state index contributed by atoms with van der Waals surface area (Å²) in [7, 11) is 0. The van der Waals surface area contributed by atoms with Gasteiger partial charge in [0.25, 0.3) is 0 Å². The maximum atomic E-state index is 14.2. The molecule has 1 aromatic rings. The van der Waals surface area contributed by atoms with Gasteiger partial charge in [0.1, 0.15) is 5.41 Å². The SMILES string of the molecule is CC(C)(O)CON1C(C)(C)CC(C(CCCCCCCC(=O)O)(C(=O)O)C(=O)[C@@H](N)Cc2cnc[nH]2)CC1(C)C.